The van der Waals surface area contributed by atoms with Crippen molar-refractivity contribution in [1.29, 1.82) is 0 Å². The number of aliphatic hydroxyl groups is 1. The Morgan fingerprint density at radius 1 is 1.32 bits per heavy atom. The highest BCUT2D eigenvalue weighted by Gasteiger charge is 2.39. The van der Waals surface area contributed by atoms with Crippen LogP contribution in [-0.4, -0.2) is 36.2 Å². The van der Waals surface area contributed by atoms with Gasteiger partial charge in [0.05, 0.1) is 11.0 Å². The zero-order valence-electron chi connectivity index (χ0n) is 12.7. The molecule has 0 bridgehead atoms. The molecular weight excluding hydrogens is 240 g/mol. The second-order valence-electron chi connectivity index (χ2n) is 6.21. The van der Waals surface area contributed by atoms with Gasteiger partial charge in [0, 0.05) is 6.54 Å². The van der Waals surface area contributed by atoms with E-state index in [1.165, 1.54) is 0 Å². The van der Waals surface area contributed by atoms with Gasteiger partial charge in [-0.1, -0.05) is 26.7 Å². The zero-order valence-corrected chi connectivity index (χ0v) is 12.7. The van der Waals surface area contributed by atoms with Crippen LogP contribution in [0.2, 0.25) is 0 Å². The molecule has 1 rings (SSSR count). The van der Waals surface area contributed by atoms with Crippen molar-refractivity contribution in [2.24, 2.45) is 5.41 Å². The Morgan fingerprint density at radius 2 is 1.95 bits per heavy atom. The van der Waals surface area contributed by atoms with Crippen molar-refractivity contribution in [3.63, 3.8) is 0 Å². The Balaban J connectivity index is 2.57. The molecule has 0 aromatic carbocycles. The van der Waals surface area contributed by atoms with Crippen LogP contribution in [0.15, 0.2) is 0 Å². The summed E-state index contributed by atoms with van der Waals surface area (Å²) in [7, 11) is 0. The van der Waals surface area contributed by atoms with Gasteiger partial charge in [-0.15, -0.1) is 0 Å². The summed E-state index contributed by atoms with van der Waals surface area (Å²) in [6.45, 7) is 8.16. The molecule has 4 nitrogen and oxygen atoms in total. The molecule has 0 saturated carbocycles. The molecule has 0 radical (unpaired) electrons. The van der Waals surface area contributed by atoms with Crippen molar-refractivity contribution in [2.45, 2.75) is 64.9 Å². The molecule has 4 heteroatoms. The summed E-state index contributed by atoms with van der Waals surface area (Å²) in [4.78, 5) is 12.5. The van der Waals surface area contributed by atoms with E-state index in [1.54, 1.807) is 6.92 Å². The first kappa shape index (κ1) is 16.4. The maximum Gasteiger partial charge on any atom is 0.226 e. The number of nitrogens with one attached hydrogen (secondary N) is 2. The Hall–Kier alpha value is -0.610. The number of hydrogen-bond donors (Lipinski definition) is 3. The van der Waals surface area contributed by atoms with Crippen LogP contribution in [0.5, 0.6) is 0 Å². The summed E-state index contributed by atoms with van der Waals surface area (Å²) >= 11 is 0. The van der Waals surface area contributed by atoms with Crippen LogP contribution in [0.25, 0.3) is 0 Å². The van der Waals surface area contributed by atoms with Crippen molar-refractivity contribution in [3.8, 4) is 0 Å². The van der Waals surface area contributed by atoms with Crippen LogP contribution in [0.4, 0.5) is 0 Å². The molecule has 1 fully saturated rings. The van der Waals surface area contributed by atoms with Crippen molar-refractivity contribution in [3.05, 3.63) is 0 Å². The number of hydrogen-bond acceptors (Lipinski definition) is 3. The average molecular weight is 270 g/mol. The van der Waals surface area contributed by atoms with Gasteiger partial charge in [-0.3, -0.25) is 4.79 Å². The molecule has 1 saturated heterocycles. The van der Waals surface area contributed by atoms with E-state index in [-0.39, 0.29) is 11.3 Å². The lowest BCUT2D eigenvalue weighted by Crippen LogP contribution is -2.50. The van der Waals surface area contributed by atoms with Crippen LogP contribution in [0.1, 0.15) is 59.3 Å². The lowest BCUT2D eigenvalue weighted by atomic mass is 9.74. The number of carbonyl (C=O) groups is 1. The van der Waals surface area contributed by atoms with E-state index in [9.17, 15) is 9.90 Å². The second kappa shape index (κ2) is 7.25. The van der Waals surface area contributed by atoms with Crippen LogP contribution >= 0.6 is 0 Å². The third-order valence-electron chi connectivity index (χ3n) is 4.19. The Labute approximate surface area is 117 Å². The highest BCUT2D eigenvalue weighted by molar-refractivity contribution is 5.82. The van der Waals surface area contributed by atoms with E-state index in [1.807, 2.05) is 6.92 Å². The third kappa shape index (κ3) is 4.77. The van der Waals surface area contributed by atoms with Gasteiger partial charge in [0.1, 0.15) is 0 Å². The average Bonchev–Trinajstić information content (AvgIpc) is 2.37. The Bertz CT molecular complexity index is 278. The molecule has 0 aromatic rings. The standard InChI is InChI=1S/C15H30N2O2/c1-4-6-14(3,19)12-17-13(18)15(7-5-2)8-10-16-11-9-15/h16,19H,4-12H2,1-3H3,(H,17,18). The fourth-order valence-electron chi connectivity index (χ4n) is 3.06. The smallest absolute Gasteiger partial charge is 0.226 e. The Morgan fingerprint density at radius 3 is 2.47 bits per heavy atom. The normalized spacial score (nSPS) is 21.7. The fraction of sp³-hybridized carbons (Fsp3) is 0.933. The topological polar surface area (TPSA) is 61.4 Å². The van der Waals surface area contributed by atoms with Gasteiger partial charge >= 0.3 is 0 Å². The molecule has 19 heavy (non-hydrogen) atoms. The van der Waals surface area contributed by atoms with Crippen molar-refractivity contribution in [1.82, 2.24) is 10.6 Å². The number of carbonyl (C=O) groups excluding carboxylic acids is 1. The number of amides is 1. The van der Waals surface area contributed by atoms with Gasteiger partial charge in [-0.25, -0.2) is 0 Å². The second-order valence-corrected chi connectivity index (χ2v) is 6.21. The first-order valence-corrected chi connectivity index (χ1v) is 7.67. The van der Waals surface area contributed by atoms with Crippen LogP contribution in [0.3, 0.4) is 0 Å². The molecule has 3 N–H and O–H groups in total. The molecule has 0 aromatic heterocycles. The predicted molar refractivity (Wildman–Crippen MR) is 78.0 cm³/mol. The van der Waals surface area contributed by atoms with Gasteiger partial charge < -0.3 is 15.7 Å². The lowest BCUT2D eigenvalue weighted by Gasteiger charge is -2.37. The summed E-state index contributed by atoms with van der Waals surface area (Å²) in [6.07, 6.45) is 5.42. The predicted octanol–water partition coefficient (Wildman–Crippen LogP) is 1.82. The maximum absolute atomic E-state index is 12.5. The van der Waals surface area contributed by atoms with Crippen molar-refractivity contribution >= 4 is 5.91 Å². The molecule has 1 amide bonds. The van der Waals surface area contributed by atoms with Gasteiger partial charge in [0.2, 0.25) is 5.91 Å². The van der Waals surface area contributed by atoms with Gasteiger partial charge in [-0.2, -0.15) is 0 Å². The molecule has 1 atom stereocenters. The summed E-state index contributed by atoms with van der Waals surface area (Å²) in [5, 5.41) is 16.5. The molecule has 112 valence electrons. The lowest BCUT2D eigenvalue weighted by molar-refractivity contribution is -0.134. The number of piperidine rings is 1. The van der Waals surface area contributed by atoms with Gasteiger partial charge in [0.15, 0.2) is 0 Å². The third-order valence-corrected chi connectivity index (χ3v) is 4.19. The first-order chi connectivity index (χ1) is 8.96. The number of rotatable bonds is 7. The molecule has 0 aliphatic carbocycles. The molecule has 1 aliphatic rings. The quantitative estimate of drug-likeness (QED) is 0.661. The van der Waals surface area contributed by atoms with E-state index >= 15 is 0 Å². The minimum absolute atomic E-state index is 0.132. The van der Waals surface area contributed by atoms with Crippen molar-refractivity contribution in [2.75, 3.05) is 19.6 Å². The largest absolute Gasteiger partial charge is 0.388 e. The van der Waals surface area contributed by atoms with E-state index in [0.29, 0.717) is 6.54 Å². The Kier molecular flexibility index (Phi) is 6.27. The monoisotopic (exact) mass is 270 g/mol. The van der Waals surface area contributed by atoms with E-state index < -0.39 is 5.60 Å². The molecule has 1 heterocycles. The molecule has 1 aliphatic heterocycles. The first-order valence-electron chi connectivity index (χ1n) is 7.67. The molecule has 0 spiro atoms. The van der Waals surface area contributed by atoms with Gasteiger partial charge in [0.25, 0.3) is 0 Å². The van der Waals surface area contributed by atoms with Crippen LogP contribution < -0.4 is 10.6 Å². The summed E-state index contributed by atoms with van der Waals surface area (Å²) < 4.78 is 0. The minimum Gasteiger partial charge on any atom is -0.388 e. The molecular formula is C15H30N2O2. The highest BCUT2D eigenvalue weighted by Crippen LogP contribution is 2.34. The van der Waals surface area contributed by atoms with Crippen molar-refractivity contribution < 1.29 is 9.90 Å². The fourth-order valence-corrected chi connectivity index (χ4v) is 3.06. The summed E-state index contributed by atoms with van der Waals surface area (Å²) in [6, 6.07) is 0. The summed E-state index contributed by atoms with van der Waals surface area (Å²) in [5.74, 6) is 0.132. The van der Waals surface area contributed by atoms with E-state index in [2.05, 4.69) is 17.6 Å². The maximum atomic E-state index is 12.5. The van der Waals surface area contributed by atoms with Gasteiger partial charge in [-0.05, 0) is 45.7 Å². The van der Waals surface area contributed by atoms with E-state index in [0.717, 1.165) is 51.6 Å². The summed E-state index contributed by atoms with van der Waals surface area (Å²) in [5.41, 5.74) is -1.01. The van der Waals surface area contributed by atoms with Crippen LogP contribution in [0, 0.1) is 5.41 Å². The minimum atomic E-state index is -0.787. The zero-order chi connectivity index (χ0) is 14.4. The highest BCUT2D eigenvalue weighted by atomic mass is 16.3. The SMILES string of the molecule is CCCC(C)(O)CNC(=O)C1(CCC)CCNCC1. The molecule has 1 unspecified atom stereocenters. The van der Waals surface area contributed by atoms with Crippen LogP contribution in [-0.2, 0) is 4.79 Å². The van der Waals surface area contributed by atoms with E-state index in [4.69, 9.17) is 0 Å².